The number of benzene rings is 1. The fourth-order valence-electron chi connectivity index (χ4n) is 2.26. The first-order valence-corrected chi connectivity index (χ1v) is 7.81. The molecule has 6 nitrogen and oxygen atoms in total. The highest BCUT2D eigenvalue weighted by atomic mass is 35.5. The molecule has 1 atom stereocenters. The summed E-state index contributed by atoms with van der Waals surface area (Å²) >= 11 is 12.8. The number of rotatable bonds is 3. The maximum atomic E-state index is 12.7. The number of nitrogens with zero attached hydrogens (tertiary/aromatic N) is 3. The van der Waals surface area contributed by atoms with Gasteiger partial charge in [-0.15, -0.1) is 5.10 Å². The van der Waals surface area contributed by atoms with Gasteiger partial charge in [-0.2, -0.15) is 0 Å². The van der Waals surface area contributed by atoms with Gasteiger partial charge in [-0.25, -0.2) is 4.79 Å². The predicted molar refractivity (Wildman–Crippen MR) is 82.8 cm³/mol. The summed E-state index contributed by atoms with van der Waals surface area (Å²) in [5.41, 5.74) is -0.0896. The molecule has 0 radical (unpaired) electrons. The molecule has 1 aliphatic rings. The van der Waals surface area contributed by atoms with Crippen molar-refractivity contribution in [1.82, 2.24) is 19.8 Å². The zero-order valence-electron chi connectivity index (χ0n) is 11.3. The number of urea groups is 1. The molecule has 2 heterocycles. The van der Waals surface area contributed by atoms with Gasteiger partial charge in [0.05, 0.1) is 6.54 Å². The summed E-state index contributed by atoms with van der Waals surface area (Å²) in [4.78, 5) is 25.9. The number of carbonyl (C=O) groups excluding carboxylic acids is 2. The van der Waals surface area contributed by atoms with Crippen molar-refractivity contribution in [1.29, 1.82) is 0 Å². The van der Waals surface area contributed by atoms with Crippen LogP contribution >= 0.6 is 34.7 Å². The van der Waals surface area contributed by atoms with E-state index in [1.54, 1.807) is 31.2 Å². The zero-order chi connectivity index (χ0) is 15.9. The highest BCUT2D eigenvalue weighted by Crippen LogP contribution is 2.31. The molecule has 0 aliphatic carbocycles. The monoisotopic (exact) mass is 356 g/mol. The van der Waals surface area contributed by atoms with E-state index in [-0.39, 0.29) is 12.5 Å². The molecule has 1 aromatic carbocycles. The van der Waals surface area contributed by atoms with Crippen LogP contribution in [0.15, 0.2) is 24.3 Å². The third kappa shape index (κ3) is 2.45. The quantitative estimate of drug-likeness (QED) is 0.858. The summed E-state index contributed by atoms with van der Waals surface area (Å²) in [5.74, 6) is -0.371. The topological polar surface area (TPSA) is 75.2 Å². The number of hydrogen-bond donors (Lipinski definition) is 1. The largest absolute Gasteiger partial charge is 0.325 e. The number of nitrogens with one attached hydrogen (secondary N) is 1. The van der Waals surface area contributed by atoms with Crippen LogP contribution in [0.1, 0.15) is 18.2 Å². The maximum absolute atomic E-state index is 12.7. The lowest BCUT2D eigenvalue weighted by Crippen LogP contribution is -2.40. The van der Waals surface area contributed by atoms with Gasteiger partial charge in [0, 0.05) is 16.6 Å². The van der Waals surface area contributed by atoms with E-state index in [2.05, 4.69) is 14.9 Å². The Balaban J connectivity index is 1.90. The minimum atomic E-state index is -1.14. The molecule has 2 aromatic rings. The number of halogens is 2. The van der Waals surface area contributed by atoms with Gasteiger partial charge in [-0.05, 0) is 24.6 Å². The molecule has 9 heteroatoms. The van der Waals surface area contributed by atoms with Crippen LogP contribution in [0.25, 0.3) is 0 Å². The van der Waals surface area contributed by atoms with Gasteiger partial charge >= 0.3 is 6.03 Å². The molecule has 1 aliphatic heterocycles. The first-order valence-electron chi connectivity index (χ1n) is 6.28. The molecular weight excluding hydrogens is 347 g/mol. The molecule has 1 saturated heterocycles. The van der Waals surface area contributed by atoms with E-state index in [9.17, 15) is 9.59 Å². The summed E-state index contributed by atoms with van der Waals surface area (Å²) in [6.07, 6.45) is 0. The van der Waals surface area contributed by atoms with E-state index < -0.39 is 11.6 Å². The molecule has 22 heavy (non-hydrogen) atoms. The molecule has 1 aromatic heterocycles. The molecule has 0 saturated carbocycles. The van der Waals surface area contributed by atoms with Gasteiger partial charge in [0.25, 0.3) is 5.91 Å². The van der Waals surface area contributed by atoms with Crippen LogP contribution < -0.4 is 5.32 Å². The zero-order valence-corrected chi connectivity index (χ0v) is 13.7. The van der Waals surface area contributed by atoms with Crippen molar-refractivity contribution in [2.45, 2.75) is 19.0 Å². The smallest absolute Gasteiger partial charge is 0.319 e. The molecule has 0 bridgehead atoms. The molecule has 1 N–H and O–H groups in total. The molecule has 1 unspecified atom stereocenters. The third-order valence-corrected chi connectivity index (χ3v) is 4.75. The van der Waals surface area contributed by atoms with E-state index in [1.165, 1.54) is 0 Å². The number of hydrogen-bond acceptors (Lipinski definition) is 5. The van der Waals surface area contributed by atoms with Gasteiger partial charge in [-0.3, -0.25) is 9.69 Å². The van der Waals surface area contributed by atoms with Crippen molar-refractivity contribution >= 4 is 46.7 Å². The van der Waals surface area contributed by atoms with Crippen molar-refractivity contribution in [2.75, 3.05) is 0 Å². The normalized spacial score (nSPS) is 21.3. The van der Waals surface area contributed by atoms with Crippen LogP contribution in [0.3, 0.4) is 0 Å². The fourth-order valence-corrected chi connectivity index (χ4v) is 3.00. The lowest BCUT2D eigenvalue weighted by Gasteiger charge is -2.22. The Hall–Kier alpha value is -1.70. The number of imide groups is 1. The minimum absolute atomic E-state index is 0.0107. The second-order valence-electron chi connectivity index (χ2n) is 4.95. The lowest BCUT2D eigenvalue weighted by atomic mass is 9.92. The Bertz CT molecular complexity index is 749. The van der Waals surface area contributed by atoms with Gasteiger partial charge < -0.3 is 5.32 Å². The highest BCUT2D eigenvalue weighted by molar-refractivity contribution is 7.10. The van der Waals surface area contributed by atoms with Crippen LogP contribution in [-0.2, 0) is 16.9 Å². The Morgan fingerprint density at radius 3 is 2.55 bits per heavy atom. The Labute approximate surface area is 140 Å². The van der Waals surface area contributed by atoms with Gasteiger partial charge in [0.2, 0.25) is 0 Å². The first-order chi connectivity index (χ1) is 10.4. The van der Waals surface area contributed by atoms with Crippen LogP contribution in [0, 0.1) is 0 Å². The summed E-state index contributed by atoms with van der Waals surface area (Å²) in [6.45, 7) is 1.64. The molecule has 0 spiro atoms. The summed E-state index contributed by atoms with van der Waals surface area (Å²) in [6, 6.07) is 6.27. The van der Waals surface area contributed by atoms with Crippen LogP contribution in [-0.4, -0.2) is 26.4 Å². The Morgan fingerprint density at radius 1 is 1.27 bits per heavy atom. The van der Waals surface area contributed by atoms with Crippen molar-refractivity contribution in [3.05, 3.63) is 44.9 Å². The standard InChI is InChI=1S/C13H10Cl2N4O2S/c1-13(7-2-4-8(14)5-3-7)11(20)19(12(21)16-13)6-9-10(15)22-18-17-9/h2-5H,6H2,1H3,(H,16,21). The Kier molecular flexibility index (Phi) is 3.80. The molecular formula is C13H10Cl2N4O2S. The van der Waals surface area contributed by atoms with Gasteiger partial charge in [-0.1, -0.05) is 39.8 Å². The first kappa shape index (κ1) is 15.2. The molecule has 1 fully saturated rings. The average Bonchev–Trinajstić information content (AvgIpc) is 2.97. The van der Waals surface area contributed by atoms with E-state index in [0.717, 1.165) is 16.4 Å². The van der Waals surface area contributed by atoms with Crippen LogP contribution in [0.5, 0.6) is 0 Å². The third-order valence-electron chi connectivity index (χ3n) is 3.51. The summed E-state index contributed by atoms with van der Waals surface area (Å²) < 4.78 is 4.06. The van der Waals surface area contributed by atoms with Crippen molar-refractivity contribution < 1.29 is 9.59 Å². The highest BCUT2D eigenvalue weighted by Gasteiger charge is 2.49. The van der Waals surface area contributed by atoms with E-state index >= 15 is 0 Å². The SMILES string of the molecule is CC1(c2ccc(Cl)cc2)NC(=O)N(Cc2nnsc2Cl)C1=O. The number of carbonyl (C=O) groups is 2. The van der Waals surface area contributed by atoms with Gasteiger partial charge in [0.1, 0.15) is 15.6 Å². The lowest BCUT2D eigenvalue weighted by molar-refractivity contribution is -0.131. The second kappa shape index (κ2) is 5.49. The Morgan fingerprint density at radius 2 is 1.95 bits per heavy atom. The van der Waals surface area contributed by atoms with E-state index in [4.69, 9.17) is 23.2 Å². The van der Waals surface area contributed by atoms with Crippen molar-refractivity contribution in [2.24, 2.45) is 0 Å². The number of amides is 3. The van der Waals surface area contributed by atoms with Crippen LogP contribution in [0.4, 0.5) is 4.79 Å². The van der Waals surface area contributed by atoms with E-state index in [1.807, 2.05) is 0 Å². The van der Waals surface area contributed by atoms with Crippen molar-refractivity contribution in [3.63, 3.8) is 0 Å². The van der Waals surface area contributed by atoms with E-state index in [0.29, 0.717) is 20.6 Å². The van der Waals surface area contributed by atoms with Gasteiger partial charge in [0.15, 0.2) is 0 Å². The van der Waals surface area contributed by atoms with Crippen molar-refractivity contribution in [3.8, 4) is 0 Å². The summed E-state index contributed by atoms with van der Waals surface area (Å²) in [5, 5.41) is 7.09. The maximum Gasteiger partial charge on any atom is 0.325 e. The molecule has 114 valence electrons. The molecule has 3 rings (SSSR count). The summed E-state index contributed by atoms with van der Waals surface area (Å²) in [7, 11) is 0. The second-order valence-corrected chi connectivity index (χ2v) is 6.74. The predicted octanol–water partition coefficient (Wildman–Crippen LogP) is 2.81. The minimum Gasteiger partial charge on any atom is -0.319 e. The molecule has 3 amide bonds. The number of aromatic nitrogens is 2. The average molecular weight is 357 g/mol. The van der Waals surface area contributed by atoms with Crippen LogP contribution in [0.2, 0.25) is 9.36 Å². The fraction of sp³-hybridized carbons (Fsp3) is 0.231.